The van der Waals surface area contributed by atoms with Crippen molar-refractivity contribution in [3.05, 3.63) is 101 Å². The molecule has 5 nitrogen and oxygen atoms in total. The number of benzene rings is 3. The van der Waals surface area contributed by atoms with Crippen LogP contribution in [0.4, 0.5) is 5.69 Å². The van der Waals surface area contributed by atoms with Gasteiger partial charge in [0.15, 0.2) is 0 Å². The summed E-state index contributed by atoms with van der Waals surface area (Å²) >= 11 is 0. The van der Waals surface area contributed by atoms with Crippen molar-refractivity contribution in [3.8, 4) is 17.0 Å². The number of pyridine rings is 1. The second-order valence-corrected chi connectivity index (χ2v) is 6.10. The van der Waals surface area contributed by atoms with Gasteiger partial charge in [-0.2, -0.15) is 0 Å². The number of nitrogens with zero attached hydrogens (tertiary/aromatic N) is 2. The zero-order valence-electron chi connectivity index (χ0n) is 14.4. The van der Waals surface area contributed by atoms with Gasteiger partial charge < -0.3 is 4.74 Å². The van der Waals surface area contributed by atoms with Crippen molar-refractivity contribution in [2.45, 2.75) is 6.61 Å². The Labute approximate surface area is 156 Å². The Morgan fingerprint density at radius 1 is 0.889 bits per heavy atom. The second kappa shape index (κ2) is 7.25. The molecule has 0 fully saturated rings. The average Bonchev–Trinajstić information content (AvgIpc) is 2.72. The highest BCUT2D eigenvalue weighted by molar-refractivity contribution is 5.89. The van der Waals surface area contributed by atoms with E-state index >= 15 is 0 Å². The van der Waals surface area contributed by atoms with E-state index in [4.69, 9.17) is 4.74 Å². The molecular formula is C22H16N2O3. The van der Waals surface area contributed by atoms with Gasteiger partial charge in [0.2, 0.25) is 0 Å². The van der Waals surface area contributed by atoms with E-state index in [0.717, 1.165) is 16.8 Å². The van der Waals surface area contributed by atoms with Crippen LogP contribution in [-0.2, 0) is 6.61 Å². The first-order valence-corrected chi connectivity index (χ1v) is 8.52. The number of aromatic nitrogens is 1. The number of nitro groups is 1. The second-order valence-electron chi connectivity index (χ2n) is 6.10. The lowest BCUT2D eigenvalue weighted by atomic mass is 10.1. The Balaban J connectivity index is 1.81. The molecule has 0 aliphatic carbocycles. The normalized spacial score (nSPS) is 10.7. The van der Waals surface area contributed by atoms with E-state index < -0.39 is 4.92 Å². The molecule has 0 unspecified atom stereocenters. The van der Waals surface area contributed by atoms with Crippen LogP contribution in [0, 0.1) is 10.1 Å². The molecule has 4 aromatic rings. The van der Waals surface area contributed by atoms with Crippen LogP contribution in [0.15, 0.2) is 84.9 Å². The van der Waals surface area contributed by atoms with Crippen molar-refractivity contribution in [1.82, 2.24) is 4.98 Å². The molecule has 5 heteroatoms. The summed E-state index contributed by atoms with van der Waals surface area (Å²) in [5.74, 6) is 0.575. The molecule has 4 rings (SSSR count). The van der Waals surface area contributed by atoms with Gasteiger partial charge in [0.25, 0.3) is 5.69 Å². The molecule has 132 valence electrons. The van der Waals surface area contributed by atoms with Gasteiger partial charge in [-0.15, -0.1) is 0 Å². The van der Waals surface area contributed by atoms with Crippen LogP contribution in [0.2, 0.25) is 0 Å². The molecule has 0 bridgehead atoms. The van der Waals surface area contributed by atoms with Crippen LogP contribution < -0.4 is 4.74 Å². The highest BCUT2D eigenvalue weighted by Gasteiger charge is 2.13. The topological polar surface area (TPSA) is 65.3 Å². The molecule has 3 aromatic carbocycles. The predicted octanol–water partition coefficient (Wildman–Crippen LogP) is 5.39. The molecule has 1 heterocycles. The van der Waals surface area contributed by atoms with Gasteiger partial charge in [-0.25, -0.2) is 4.98 Å². The summed E-state index contributed by atoms with van der Waals surface area (Å²) in [5, 5.41) is 11.8. The number of hydrogen-bond acceptors (Lipinski definition) is 4. The third kappa shape index (κ3) is 3.62. The molecule has 0 saturated carbocycles. The highest BCUT2D eigenvalue weighted by atomic mass is 16.6. The third-order valence-corrected chi connectivity index (χ3v) is 4.27. The summed E-state index contributed by atoms with van der Waals surface area (Å²) in [6.45, 7) is 0.372. The highest BCUT2D eigenvalue weighted by Crippen LogP contribution is 2.32. The smallest absolute Gasteiger partial charge is 0.270 e. The van der Waals surface area contributed by atoms with Crippen molar-refractivity contribution >= 4 is 16.6 Å². The van der Waals surface area contributed by atoms with Crippen LogP contribution in [0.1, 0.15) is 5.56 Å². The van der Waals surface area contributed by atoms with Crippen LogP contribution in [0.5, 0.6) is 5.75 Å². The summed E-state index contributed by atoms with van der Waals surface area (Å²) in [7, 11) is 0. The molecule has 0 radical (unpaired) electrons. The fourth-order valence-electron chi connectivity index (χ4n) is 2.91. The number of ether oxygens (including phenoxy) is 1. The Bertz CT molecular complexity index is 1100. The Morgan fingerprint density at radius 2 is 1.59 bits per heavy atom. The van der Waals surface area contributed by atoms with Gasteiger partial charge in [0.1, 0.15) is 12.4 Å². The van der Waals surface area contributed by atoms with E-state index in [1.54, 1.807) is 6.07 Å². The monoisotopic (exact) mass is 356 g/mol. The number of rotatable bonds is 5. The van der Waals surface area contributed by atoms with Gasteiger partial charge in [0.05, 0.1) is 16.1 Å². The molecule has 27 heavy (non-hydrogen) atoms. The molecule has 0 saturated heterocycles. The number of hydrogen-bond donors (Lipinski definition) is 0. The first kappa shape index (κ1) is 16.7. The standard InChI is InChI=1S/C22H16N2O3/c25-24(26)18-11-12-20-19(13-18)22(27-15-16-7-3-1-4-8-16)14-21(23-20)17-9-5-2-6-10-17/h1-14H,15H2. The van der Waals surface area contributed by atoms with Gasteiger partial charge in [0, 0.05) is 29.1 Å². The van der Waals surface area contributed by atoms with Crippen molar-refractivity contribution in [2.75, 3.05) is 0 Å². The van der Waals surface area contributed by atoms with Crippen molar-refractivity contribution in [2.24, 2.45) is 0 Å². The van der Waals surface area contributed by atoms with Crippen molar-refractivity contribution in [1.29, 1.82) is 0 Å². The Morgan fingerprint density at radius 3 is 2.30 bits per heavy atom. The molecule has 0 N–H and O–H groups in total. The van der Waals surface area contributed by atoms with Gasteiger partial charge in [-0.1, -0.05) is 60.7 Å². The first-order valence-electron chi connectivity index (χ1n) is 8.52. The Hall–Kier alpha value is -3.73. The average molecular weight is 356 g/mol. The maximum absolute atomic E-state index is 11.2. The molecule has 0 spiro atoms. The third-order valence-electron chi connectivity index (χ3n) is 4.27. The van der Waals surface area contributed by atoms with E-state index in [1.165, 1.54) is 12.1 Å². The van der Waals surface area contributed by atoms with Gasteiger partial charge in [-0.05, 0) is 11.6 Å². The quantitative estimate of drug-likeness (QED) is 0.355. The summed E-state index contributed by atoms with van der Waals surface area (Å²) in [4.78, 5) is 15.4. The lowest BCUT2D eigenvalue weighted by Crippen LogP contribution is -1.98. The van der Waals surface area contributed by atoms with Crippen molar-refractivity contribution < 1.29 is 9.66 Å². The Kier molecular flexibility index (Phi) is 4.49. The van der Waals surface area contributed by atoms with E-state index in [9.17, 15) is 10.1 Å². The van der Waals surface area contributed by atoms with Crippen LogP contribution in [-0.4, -0.2) is 9.91 Å². The summed E-state index contributed by atoms with van der Waals surface area (Å²) < 4.78 is 6.04. The van der Waals surface area contributed by atoms with Crippen LogP contribution in [0.3, 0.4) is 0 Å². The lowest BCUT2D eigenvalue weighted by Gasteiger charge is -2.12. The zero-order chi connectivity index (χ0) is 18.6. The van der Waals surface area contributed by atoms with Crippen LogP contribution >= 0.6 is 0 Å². The SMILES string of the molecule is O=[N+]([O-])c1ccc2nc(-c3ccccc3)cc(OCc3ccccc3)c2c1. The minimum atomic E-state index is -0.411. The van der Waals surface area contributed by atoms with E-state index in [1.807, 2.05) is 66.7 Å². The lowest BCUT2D eigenvalue weighted by molar-refractivity contribution is -0.384. The fourth-order valence-corrected chi connectivity index (χ4v) is 2.91. The zero-order valence-corrected chi connectivity index (χ0v) is 14.4. The molecule has 0 aliphatic heterocycles. The molecule has 0 atom stereocenters. The number of non-ortho nitro benzene ring substituents is 1. The maximum atomic E-state index is 11.2. The van der Waals surface area contributed by atoms with E-state index in [2.05, 4.69) is 4.98 Å². The summed E-state index contributed by atoms with van der Waals surface area (Å²) in [6.07, 6.45) is 0. The minimum absolute atomic E-state index is 0.0151. The largest absolute Gasteiger partial charge is 0.488 e. The van der Waals surface area contributed by atoms with Crippen molar-refractivity contribution in [3.63, 3.8) is 0 Å². The molecule has 1 aromatic heterocycles. The molecular weight excluding hydrogens is 340 g/mol. The summed E-state index contributed by atoms with van der Waals surface area (Å²) in [5.41, 5.74) is 3.42. The molecule has 0 aliphatic rings. The minimum Gasteiger partial charge on any atom is -0.488 e. The maximum Gasteiger partial charge on any atom is 0.270 e. The number of fused-ring (bicyclic) bond motifs is 1. The predicted molar refractivity (Wildman–Crippen MR) is 105 cm³/mol. The molecule has 0 amide bonds. The fraction of sp³-hybridized carbons (Fsp3) is 0.0455. The van der Waals surface area contributed by atoms with Crippen LogP contribution in [0.25, 0.3) is 22.2 Å². The van der Waals surface area contributed by atoms with E-state index in [-0.39, 0.29) is 5.69 Å². The van der Waals surface area contributed by atoms with Gasteiger partial charge in [-0.3, -0.25) is 10.1 Å². The first-order chi connectivity index (χ1) is 13.2. The van der Waals surface area contributed by atoms with E-state index in [0.29, 0.717) is 23.3 Å². The summed E-state index contributed by atoms with van der Waals surface area (Å²) in [6, 6.07) is 26.1. The number of nitro benzene ring substituents is 1. The van der Waals surface area contributed by atoms with Gasteiger partial charge >= 0.3 is 0 Å².